The minimum Gasteiger partial charge on any atom is -0.338 e. The monoisotopic (exact) mass is 267 g/mol. The van der Waals surface area contributed by atoms with Gasteiger partial charge in [0.1, 0.15) is 11.6 Å². The molecule has 0 fully saturated rings. The number of rotatable bonds is 5. The highest BCUT2D eigenvalue weighted by Gasteiger charge is 2.14. The van der Waals surface area contributed by atoms with Crippen molar-refractivity contribution in [3.63, 3.8) is 0 Å². The van der Waals surface area contributed by atoms with Gasteiger partial charge in [-0.2, -0.15) is 4.98 Å². The van der Waals surface area contributed by atoms with Gasteiger partial charge in [0.15, 0.2) is 5.82 Å². The Morgan fingerprint density at radius 1 is 1.26 bits per heavy atom. The molecule has 0 aliphatic carbocycles. The van der Waals surface area contributed by atoms with Crippen LogP contribution >= 0.6 is 0 Å². The summed E-state index contributed by atoms with van der Waals surface area (Å²) >= 11 is 0. The normalized spacial score (nSPS) is 12.6. The van der Waals surface area contributed by atoms with Gasteiger partial charge >= 0.3 is 0 Å². The molecule has 0 aliphatic rings. The van der Waals surface area contributed by atoms with Gasteiger partial charge in [-0.3, -0.25) is 0 Å². The van der Waals surface area contributed by atoms with Crippen LogP contribution in [0.3, 0.4) is 0 Å². The van der Waals surface area contributed by atoms with E-state index >= 15 is 0 Å². The van der Waals surface area contributed by atoms with E-state index in [1.54, 1.807) is 0 Å². The second-order valence-corrected chi connectivity index (χ2v) is 4.40. The lowest BCUT2D eigenvalue weighted by atomic mass is 10.1. The van der Waals surface area contributed by atoms with Gasteiger partial charge in [0.05, 0.1) is 6.04 Å². The lowest BCUT2D eigenvalue weighted by Gasteiger charge is -2.02. The maximum Gasteiger partial charge on any atom is 0.243 e. The summed E-state index contributed by atoms with van der Waals surface area (Å²) in [7, 11) is 0. The van der Waals surface area contributed by atoms with Crippen LogP contribution in [0.2, 0.25) is 0 Å². The molecule has 1 atom stereocenters. The minimum absolute atomic E-state index is 0.205. The van der Waals surface area contributed by atoms with Crippen LogP contribution in [0.4, 0.5) is 8.78 Å². The highest BCUT2D eigenvalue weighted by atomic mass is 19.1. The molecule has 102 valence electrons. The second kappa shape index (κ2) is 5.88. The molecule has 0 saturated heterocycles. The van der Waals surface area contributed by atoms with E-state index in [-0.39, 0.29) is 12.5 Å². The summed E-state index contributed by atoms with van der Waals surface area (Å²) in [5.41, 5.74) is 6.30. The molecule has 2 N–H and O–H groups in total. The first-order valence-electron chi connectivity index (χ1n) is 6.11. The van der Waals surface area contributed by atoms with E-state index in [0.29, 0.717) is 17.3 Å². The van der Waals surface area contributed by atoms with Crippen LogP contribution in [0, 0.1) is 11.6 Å². The lowest BCUT2D eigenvalue weighted by molar-refractivity contribution is 0.345. The van der Waals surface area contributed by atoms with E-state index in [2.05, 4.69) is 10.1 Å². The summed E-state index contributed by atoms with van der Waals surface area (Å²) in [5.74, 6) is -0.525. The van der Waals surface area contributed by atoms with E-state index in [1.165, 1.54) is 12.1 Å². The van der Waals surface area contributed by atoms with Crippen molar-refractivity contribution in [2.45, 2.75) is 32.2 Å². The molecule has 1 aromatic carbocycles. The predicted molar refractivity (Wildman–Crippen MR) is 65.3 cm³/mol. The van der Waals surface area contributed by atoms with E-state index in [0.717, 1.165) is 18.9 Å². The number of aromatic nitrogens is 2. The molecule has 0 amide bonds. The van der Waals surface area contributed by atoms with Crippen LogP contribution in [0.25, 0.3) is 0 Å². The van der Waals surface area contributed by atoms with Crippen LogP contribution in [-0.2, 0) is 6.42 Å². The predicted octanol–water partition coefficient (Wildman–Crippen LogP) is 2.74. The number of hydrogen-bond donors (Lipinski definition) is 1. The molecule has 0 saturated carbocycles. The highest BCUT2D eigenvalue weighted by molar-refractivity contribution is 5.21. The maximum absolute atomic E-state index is 13.0. The molecule has 0 aliphatic heterocycles. The van der Waals surface area contributed by atoms with Crippen molar-refractivity contribution in [3.8, 4) is 0 Å². The Morgan fingerprint density at radius 3 is 2.58 bits per heavy atom. The second-order valence-electron chi connectivity index (χ2n) is 4.40. The summed E-state index contributed by atoms with van der Waals surface area (Å²) in [5, 5.41) is 3.76. The smallest absolute Gasteiger partial charge is 0.243 e. The topological polar surface area (TPSA) is 64.9 Å². The van der Waals surface area contributed by atoms with Crippen LogP contribution in [-0.4, -0.2) is 10.1 Å². The van der Waals surface area contributed by atoms with Crippen LogP contribution in [0.5, 0.6) is 0 Å². The van der Waals surface area contributed by atoms with Crippen molar-refractivity contribution in [1.82, 2.24) is 10.1 Å². The first kappa shape index (κ1) is 13.6. The van der Waals surface area contributed by atoms with E-state index < -0.39 is 11.6 Å². The van der Waals surface area contributed by atoms with Gasteiger partial charge < -0.3 is 10.3 Å². The zero-order valence-corrected chi connectivity index (χ0v) is 10.6. The van der Waals surface area contributed by atoms with Crippen molar-refractivity contribution < 1.29 is 13.3 Å². The fraction of sp³-hybridized carbons (Fsp3) is 0.385. The van der Waals surface area contributed by atoms with Crippen molar-refractivity contribution in [3.05, 3.63) is 47.1 Å². The highest BCUT2D eigenvalue weighted by Crippen LogP contribution is 2.16. The minimum atomic E-state index is -0.624. The largest absolute Gasteiger partial charge is 0.338 e. The Morgan fingerprint density at radius 2 is 1.95 bits per heavy atom. The Kier molecular flexibility index (Phi) is 4.21. The molecule has 2 rings (SSSR count). The third-order valence-corrected chi connectivity index (χ3v) is 2.69. The molecule has 0 radical (unpaired) electrons. The van der Waals surface area contributed by atoms with Gasteiger partial charge in [0.25, 0.3) is 0 Å². The van der Waals surface area contributed by atoms with Gasteiger partial charge in [-0.25, -0.2) is 8.78 Å². The summed E-state index contributed by atoms with van der Waals surface area (Å²) in [6.45, 7) is 2.01. The van der Waals surface area contributed by atoms with Crippen LogP contribution < -0.4 is 5.73 Å². The molecular weight excluding hydrogens is 252 g/mol. The molecule has 0 spiro atoms. The van der Waals surface area contributed by atoms with Gasteiger partial charge in [-0.1, -0.05) is 18.5 Å². The van der Waals surface area contributed by atoms with Gasteiger partial charge in [0.2, 0.25) is 5.89 Å². The van der Waals surface area contributed by atoms with Gasteiger partial charge in [-0.05, 0) is 24.1 Å². The quantitative estimate of drug-likeness (QED) is 0.904. The zero-order valence-electron chi connectivity index (χ0n) is 10.6. The van der Waals surface area contributed by atoms with E-state index in [9.17, 15) is 8.78 Å². The Hall–Kier alpha value is -1.82. The number of hydrogen-bond acceptors (Lipinski definition) is 4. The molecule has 4 nitrogen and oxygen atoms in total. The number of benzene rings is 1. The van der Waals surface area contributed by atoms with Crippen molar-refractivity contribution >= 4 is 0 Å². The molecule has 1 aromatic heterocycles. The summed E-state index contributed by atoms with van der Waals surface area (Å²) < 4.78 is 31.1. The van der Waals surface area contributed by atoms with Crippen molar-refractivity contribution in [2.75, 3.05) is 0 Å². The van der Waals surface area contributed by atoms with E-state index in [1.807, 2.05) is 6.92 Å². The molecule has 2 aromatic rings. The van der Waals surface area contributed by atoms with Gasteiger partial charge in [-0.15, -0.1) is 0 Å². The first-order valence-corrected chi connectivity index (χ1v) is 6.11. The van der Waals surface area contributed by atoms with E-state index in [4.69, 9.17) is 10.3 Å². The van der Waals surface area contributed by atoms with Crippen LogP contribution in [0.1, 0.15) is 43.1 Å². The average molecular weight is 267 g/mol. The number of nitrogens with two attached hydrogens (primary N) is 1. The fourth-order valence-corrected chi connectivity index (χ4v) is 1.82. The third kappa shape index (κ3) is 3.57. The van der Waals surface area contributed by atoms with Crippen LogP contribution in [0.15, 0.2) is 22.7 Å². The zero-order chi connectivity index (χ0) is 13.8. The third-order valence-electron chi connectivity index (χ3n) is 2.69. The lowest BCUT2D eigenvalue weighted by Crippen LogP contribution is -2.10. The molecular formula is C13H15F2N3O. The van der Waals surface area contributed by atoms with Crippen molar-refractivity contribution in [2.24, 2.45) is 5.73 Å². The maximum atomic E-state index is 13.0. The Balaban J connectivity index is 2.11. The standard InChI is InChI=1S/C13H15F2N3O/c1-2-3-11(16)13-17-12(18-19-13)6-8-4-9(14)7-10(15)5-8/h4-5,7,11H,2-3,6,16H2,1H3/t11-/m0/s1. The summed E-state index contributed by atoms with van der Waals surface area (Å²) in [6.07, 6.45) is 1.86. The average Bonchev–Trinajstić information content (AvgIpc) is 2.76. The summed E-state index contributed by atoms with van der Waals surface area (Å²) in [6, 6.07) is 3.01. The van der Waals surface area contributed by atoms with Crippen molar-refractivity contribution in [1.29, 1.82) is 0 Å². The number of nitrogens with zero attached hydrogens (tertiary/aromatic N) is 2. The molecule has 0 unspecified atom stereocenters. The number of halogens is 2. The van der Waals surface area contributed by atoms with Gasteiger partial charge in [0, 0.05) is 12.5 Å². The Labute approximate surface area is 109 Å². The molecule has 19 heavy (non-hydrogen) atoms. The molecule has 1 heterocycles. The first-order chi connectivity index (χ1) is 9.08. The molecule has 0 bridgehead atoms. The summed E-state index contributed by atoms with van der Waals surface area (Å²) in [4.78, 5) is 4.14. The Bertz CT molecular complexity index is 536. The molecule has 6 heteroatoms. The fourth-order valence-electron chi connectivity index (χ4n) is 1.82. The SMILES string of the molecule is CCC[C@H](N)c1nc(Cc2cc(F)cc(F)c2)no1.